The number of nitrogens with zero attached hydrogens (tertiary/aromatic N) is 3. The number of ether oxygens (including phenoxy) is 2. The molecule has 116 valence electrons. The maximum absolute atomic E-state index is 11.4. The number of methoxy groups -OCH3 is 1. The Morgan fingerprint density at radius 1 is 1.32 bits per heavy atom. The van der Waals surface area contributed by atoms with E-state index in [0.717, 1.165) is 7.11 Å². The summed E-state index contributed by atoms with van der Waals surface area (Å²) in [4.78, 5) is 30.1. The first-order valence-corrected chi connectivity index (χ1v) is 6.29. The number of carbonyl (C=O) groups is 1. The first kappa shape index (κ1) is 15.4. The van der Waals surface area contributed by atoms with E-state index >= 15 is 0 Å². The zero-order valence-electron chi connectivity index (χ0n) is 12.2. The van der Waals surface area contributed by atoms with Crippen LogP contribution in [0.15, 0.2) is 41.6 Å². The highest BCUT2D eigenvalue weighted by Gasteiger charge is 2.40. The molecule has 1 aliphatic rings. The van der Waals surface area contributed by atoms with Crippen LogP contribution in [0.5, 0.6) is 0 Å². The van der Waals surface area contributed by atoms with Crippen LogP contribution in [0.2, 0.25) is 0 Å². The molecule has 22 heavy (non-hydrogen) atoms. The van der Waals surface area contributed by atoms with Crippen LogP contribution in [0.1, 0.15) is 25.3 Å². The molecule has 1 aromatic heterocycles. The van der Waals surface area contributed by atoms with Gasteiger partial charge in [0.2, 0.25) is 0 Å². The minimum Gasteiger partial charge on any atom is -0.437 e. The Balaban J connectivity index is 2.56. The lowest BCUT2D eigenvalue weighted by molar-refractivity contribution is -0.431. The fraction of sp³-hybridized carbons (Fsp3) is 0.308. The monoisotopic (exact) mass is 306 g/mol. The van der Waals surface area contributed by atoms with E-state index in [0.29, 0.717) is 17.0 Å². The van der Waals surface area contributed by atoms with Crippen molar-refractivity contribution >= 4 is 6.16 Å². The van der Waals surface area contributed by atoms with Crippen LogP contribution in [0, 0.1) is 10.1 Å². The first-order chi connectivity index (χ1) is 10.5. The molecule has 0 saturated carbocycles. The number of hydrogen-bond acceptors (Lipinski definition) is 8. The third-order valence-electron chi connectivity index (χ3n) is 3.13. The lowest BCUT2D eigenvalue weighted by Gasteiger charge is -2.25. The molecule has 1 atom stereocenters. The van der Waals surface area contributed by atoms with Gasteiger partial charge in [-0.15, -0.1) is 0 Å². The van der Waals surface area contributed by atoms with Crippen molar-refractivity contribution in [2.24, 2.45) is 0 Å². The second-order valence-corrected chi connectivity index (χ2v) is 4.54. The van der Waals surface area contributed by atoms with Crippen LogP contribution in [0.4, 0.5) is 4.79 Å². The largest absolute Gasteiger partial charge is 0.513 e. The summed E-state index contributed by atoms with van der Waals surface area (Å²) in [5.41, 5.74) is 1.13. The number of allylic oxidation sites excluding steroid dienone is 2. The van der Waals surface area contributed by atoms with Gasteiger partial charge in [0.05, 0.1) is 23.4 Å². The van der Waals surface area contributed by atoms with Gasteiger partial charge in [-0.25, -0.2) is 14.8 Å². The Morgan fingerprint density at radius 3 is 2.50 bits per heavy atom. The van der Waals surface area contributed by atoms with Gasteiger partial charge in [0.15, 0.2) is 0 Å². The molecule has 1 unspecified atom stereocenters. The Hall–Kier alpha value is -2.97. The minimum absolute atomic E-state index is 0.0824. The zero-order valence-corrected chi connectivity index (χ0v) is 12.2. The van der Waals surface area contributed by atoms with E-state index in [-0.39, 0.29) is 11.5 Å². The second-order valence-electron chi connectivity index (χ2n) is 4.54. The van der Waals surface area contributed by atoms with Crippen molar-refractivity contribution in [3.63, 3.8) is 0 Å². The van der Waals surface area contributed by atoms with E-state index in [9.17, 15) is 14.9 Å². The fourth-order valence-electron chi connectivity index (χ4n) is 2.24. The fourth-order valence-corrected chi connectivity index (χ4v) is 2.24. The number of carbonyl (C=O) groups excluding carboxylic acids is 1. The summed E-state index contributed by atoms with van der Waals surface area (Å²) in [7, 11) is 1.16. The molecule has 1 N–H and O–H groups in total. The highest BCUT2D eigenvalue weighted by molar-refractivity contribution is 5.62. The van der Waals surface area contributed by atoms with Crippen molar-refractivity contribution in [2.75, 3.05) is 7.11 Å². The second kappa shape index (κ2) is 6.20. The molecule has 0 aromatic carbocycles. The molecule has 9 heteroatoms. The Bertz CT molecular complexity index is 668. The molecule has 2 heterocycles. The van der Waals surface area contributed by atoms with Gasteiger partial charge < -0.3 is 14.8 Å². The lowest BCUT2D eigenvalue weighted by atomic mass is 9.91. The van der Waals surface area contributed by atoms with Crippen LogP contribution < -0.4 is 5.32 Å². The summed E-state index contributed by atoms with van der Waals surface area (Å²) < 4.78 is 9.58. The third kappa shape index (κ3) is 2.87. The highest BCUT2D eigenvalue weighted by Crippen LogP contribution is 2.38. The van der Waals surface area contributed by atoms with Crippen molar-refractivity contribution in [2.45, 2.75) is 19.8 Å². The Morgan fingerprint density at radius 2 is 1.95 bits per heavy atom. The van der Waals surface area contributed by atoms with Gasteiger partial charge in [-0.1, -0.05) is 0 Å². The van der Waals surface area contributed by atoms with Crippen LogP contribution in [0.25, 0.3) is 0 Å². The summed E-state index contributed by atoms with van der Waals surface area (Å²) in [6, 6.07) is 0. The average Bonchev–Trinajstić information content (AvgIpc) is 2.49. The molecule has 0 spiro atoms. The molecular weight excluding hydrogens is 292 g/mol. The van der Waals surface area contributed by atoms with Gasteiger partial charge in [0.1, 0.15) is 18.0 Å². The maximum atomic E-state index is 11.4. The van der Waals surface area contributed by atoms with Gasteiger partial charge in [0.25, 0.3) is 5.70 Å². The molecule has 1 aliphatic heterocycles. The predicted octanol–water partition coefficient (Wildman–Crippen LogP) is 1.69. The SMILES string of the molecule is COC(=O)OC1=C(C)NC(C)=C([N+](=O)[O-])C1c1cncnc1. The Kier molecular flexibility index (Phi) is 4.35. The molecule has 0 amide bonds. The van der Waals surface area contributed by atoms with E-state index in [2.05, 4.69) is 20.0 Å². The third-order valence-corrected chi connectivity index (χ3v) is 3.13. The number of hydrogen-bond donors (Lipinski definition) is 1. The first-order valence-electron chi connectivity index (χ1n) is 6.29. The van der Waals surface area contributed by atoms with Crippen LogP contribution in [-0.4, -0.2) is 28.2 Å². The summed E-state index contributed by atoms with van der Waals surface area (Å²) in [6.07, 6.45) is 3.23. The van der Waals surface area contributed by atoms with Crippen molar-refractivity contribution in [1.82, 2.24) is 15.3 Å². The van der Waals surface area contributed by atoms with Crippen molar-refractivity contribution < 1.29 is 19.2 Å². The molecule has 0 bridgehead atoms. The summed E-state index contributed by atoms with van der Waals surface area (Å²) >= 11 is 0. The summed E-state index contributed by atoms with van der Waals surface area (Å²) in [6.45, 7) is 3.22. The molecule has 0 saturated heterocycles. The summed E-state index contributed by atoms with van der Waals surface area (Å²) in [5.74, 6) is -0.824. The number of aromatic nitrogens is 2. The van der Waals surface area contributed by atoms with Crippen LogP contribution in [-0.2, 0) is 9.47 Å². The van der Waals surface area contributed by atoms with E-state index in [1.54, 1.807) is 13.8 Å². The van der Waals surface area contributed by atoms with Crippen molar-refractivity contribution in [3.8, 4) is 0 Å². The van der Waals surface area contributed by atoms with E-state index in [4.69, 9.17) is 4.74 Å². The molecule has 0 fully saturated rings. The van der Waals surface area contributed by atoms with Gasteiger partial charge in [-0.2, -0.15) is 0 Å². The van der Waals surface area contributed by atoms with Gasteiger partial charge in [0, 0.05) is 18.0 Å². The molecule has 9 nitrogen and oxygen atoms in total. The van der Waals surface area contributed by atoms with Crippen molar-refractivity contribution in [1.29, 1.82) is 0 Å². The van der Waals surface area contributed by atoms with E-state index in [1.165, 1.54) is 18.7 Å². The highest BCUT2D eigenvalue weighted by atomic mass is 16.7. The smallest absolute Gasteiger partial charge is 0.437 e. The number of rotatable bonds is 3. The van der Waals surface area contributed by atoms with Crippen LogP contribution in [0.3, 0.4) is 0 Å². The maximum Gasteiger partial charge on any atom is 0.513 e. The standard InChI is InChI=1S/C13H14N4O5/c1-7-11(17(19)20)10(9-4-14-6-15-5-9)12(8(2)16-7)22-13(18)21-3/h4-6,10,16H,1-3H3. The molecule has 2 rings (SSSR count). The van der Waals surface area contributed by atoms with Crippen molar-refractivity contribution in [3.05, 3.63) is 57.2 Å². The molecule has 0 radical (unpaired) electrons. The average molecular weight is 306 g/mol. The predicted molar refractivity (Wildman–Crippen MR) is 73.8 cm³/mol. The van der Waals surface area contributed by atoms with E-state index < -0.39 is 17.0 Å². The normalized spacial score (nSPS) is 17.9. The molecule has 0 aliphatic carbocycles. The number of nitro groups is 1. The lowest BCUT2D eigenvalue weighted by Crippen LogP contribution is -2.29. The van der Waals surface area contributed by atoms with E-state index in [1.807, 2.05) is 0 Å². The van der Waals surface area contributed by atoms with Gasteiger partial charge in [-0.3, -0.25) is 10.1 Å². The number of nitrogens with one attached hydrogen (secondary N) is 1. The Labute approximate surface area is 125 Å². The zero-order chi connectivity index (χ0) is 16.3. The molecular formula is C13H14N4O5. The minimum atomic E-state index is -0.958. The van der Waals surface area contributed by atoms with Crippen LogP contribution >= 0.6 is 0 Å². The topological polar surface area (TPSA) is 116 Å². The summed E-state index contributed by atoms with van der Waals surface area (Å²) in [5, 5.41) is 14.3. The molecule has 1 aromatic rings. The van der Waals surface area contributed by atoms with Gasteiger partial charge in [-0.05, 0) is 13.8 Å². The van der Waals surface area contributed by atoms with Gasteiger partial charge >= 0.3 is 6.16 Å². The quantitative estimate of drug-likeness (QED) is 0.509. The number of dihydropyridines is 1.